The van der Waals surface area contributed by atoms with Gasteiger partial charge in [-0.3, -0.25) is 19.7 Å². The van der Waals surface area contributed by atoms with Gasteiger partial charge in [-0.2, -0.15) is 0 Å². The molecule has 1 saturated heterocycles. The Kier molecular flexibility index (Phi) is 3.56. The first kappa shape index (κ1) is 13.6. The maximum atomic E-state index is 12.1. The number of nitrogens with zero attached hydrogens (tertiary/aromatic N) is 1. The highest BCUT2D eigenvalue weighted by atomic mass is 16.2. The van der Waals surface area contributed by atoms with Crippen molar-refractivity contribution in [2.75, 3.05) is 6.54 Å². The van der Waals surface area contributed by atoms with E-state index in [-0.39, 0.29) is 12.5 Å². The van der Waals surface area contributed by atoms with E-state index in [9.17, 15) is 14.4 Å². The molecule has 6 heteroatoms. The van der Waals surface area contributed by atoms with Crippen LogP contribution >= 0.6 is 0 Å². The van der Waals surface area contributed by atoms with E-state index in [2.05, 4.69) is 5.32 Å². The van der Waals surface area contributed by atoms with Crippen molar-refractivity contribution >= 4 is 17.7 Å². The number of imide groups is 1. The Hall–Kier alpha value is -1.43. The van der Waals surface area contributed by atoms with E-state index in [1.54, 1.807) is 6.92 Å². The Morgan fingerprint density at radius 1 is 1.47 bits per heavy atom. The molecule has 0 bridgehead atoms. The molecule has 1 rings (SSSR count). The number of carbonyl (C=O) groups is 3. The largest absolute Gasteiger partial charge is 0.320 e. The van der Waals surface area contributed by atoms with Gasteiger partial charge in [0.2, 0.25) is 17.7 Å². The molecular formula is C11H19N3O3. The van der Waals surface area contributed by atoms with E-state index in [4.69, 9.17) is 5.73 Å². The van der Waals surface area contributed by atoms with Crippen molar-refractivity contribution in [1.82, 2.24) is 10.2 Å². The van der Waals surface area contributed by atoms with Gasteiger partial charge < -0.3 is 10.6 Å². The Morgan fingerprint density at radius 2 is 2.00 bits per heavy atom. The lowest BCUT2D eigenvalue weighted by Crippen LogP contribution is -2.62. The third kappa shape index (κ3) is 2.82. The van der Waals surface area contributed by atoms with Gasteiger partial charge in [-0.05, 0) is 12.3 Å². The third-order valence-corrected chi connectivity index (χ3v) is 2.91. The second-order valence-corrected chi connectivity index (χ2v) is 5.40. The van der Waals surface area contributed by atoms with Crippen LogP contribution in [0.25, 0.3) is 0 Å². The molecule has 1 heterocycles. The van der Waals surface area contributed by atoms with Crippen molar-refractivity contribution in [3.63, 3.8) is 0 Å². The molecule has 2 unspecified atom stereocenters. The first-order valence-electron chi connectivity index (χ1n) is 5.54. The quantitative estimate of drug-likeness (QED) is 0.590. The highest BCUT2D eigenvalue weighted by molar-refractivity contribution is 6.04. The fourth-order valence-corrected chi connectivity index (χ4v) is 1.53. The third-order valence-electron chi connectivity index (χ3n) is 2.91. The summed E-state index contributed by atoms with van der Waals surface area (Å²) >= 11 is 0. The molecule has 0 aromatic rings. The van der Waals surface area contributed by atoms with Crippen LogP contribution in [0.2, 0.25) is 0 Å². The first-order valence-corrected chi connectivity index (χ1v) is 5.54. The number of hydrogen-bond donors (Lipinski definition) is 2. The summed E-state index contributed by atoms with van der Waals surface area (Å²) in [7, 11) is 0. The van der Waals surface area contributed by atoms with E-state index >= 15 is 0 Å². The van der Waals surface area contributed by atoms with Crippen LogP contribution in [-0.4, -0.2) is 41.2 Å². The maximum absolute atomic E-state index is 12.1. The Morgan fingerprint density at radius 3 is 2.47 bits per heavy atom. The molecule has 1 fully saturated rings. The van der Waals surface area contributed by atoms with Gasteiger partial charge in [-0.25, -0.2) is 0 Å². The van der Waals surface area contributed by atoms with E-state index in [1.807, 2.05) is 20.8 Å². The Balaban J connectivity index is 2.88. The zero-order valence-corrected chi connectivity index (χ0v) is 10.6. The molecule has 0 radical (unpaired) electrons. The predicted octanol–water partition coefficient (Wildman–Crippen LogP) is -0.767. The van der Waals surface area contributed by atoms with Gasteiger partial charge in [-0.1, -0.05) is 20.8 Å². The zero-order valence-electron chi connectivity index (χ0n) is 10.6. The number of carbonyl (C=O) groups excluding carboxylic acids is 3. The van der Waals surface area contributed by atoms with Crippen molar-refractivity contribution in [3.8, 4) is 0 Å². The van der Waals surface area contributed by atoms with Crippen LogP contribution in [0.4, 0.5) is 0 Å². The highest BCUT2D eigenvalue weighted by Gasteiger charge is 2.38. The van der Waals surface area contributed by atoms with Crippen molar-refractivity contribution < 1.29 is 14.4 Å². The predicted molar refractivity (Wildman–Crippen MR) is 61.8 cm³/mol. The van der Waals surface area contributed by atoms with Gasteiger partial charge in [0.25, 0.3) is 0 Å². The number of piperazine rings is 1. The fourth-order valence-electron chi connectivity index (χ4n) is 1.53. The number of hydrogen-bond acceptors (Lipinski definition) is 4. The average Bonchev–Trinajstić information content (AvgIpc) is 2.20. The van der Waals surface area contributed by atoms with Crippen LogP contribution < -0.4 is 11.1 Å². The summed E-state index contributed by atoms with van der Waals surface area (Å²) in [6, 6.07) is -1.39. The number of nitrogens with two attached hydrogens (primary N) is 1. The second-order valence-electron chi connectivity index (χ2n) is 5.40. The molecule has 0 aliphatic carbocycles. The number of rotatable bonds is 1. The van der Waals surface area contributed by atoms with Crippen LogP contribution in [-0.2, 0) is 14.4 Å². The summed E-state index contributed by atoms with van der Waals surface area (Å²) in [4.78, 5) is 36.0. The molecule has 3 N–H and O–H groups in total. The molecule has 0 aromatic carbocycles. The molecule has 2 atom stereocenters. The van der Waals surface area contributed by atoms with Crippen LogP contribution in [0.1, 0.15) is 27.7 Å². The molecule has 3 amide bonds. The minimum Gasteiger partial charge on any atom is -0.320 e. The van der Waals surface area contributed by atoms with Crippen LogP contribution in [0.3, 0.4) is 0 Å². The number of amides is 3. The lowest BCUT2D eigenvalue weighted by Gasteiger charge is -2.36. The molecule has 17 heavy (non-hydrogen) atoms. The van der Waals surface area contributed by atoms with Gasteiger partial charge in [0.15, 0.2) is 0 Å². The van der Waals surface area contributed by atoms with Gasteiger partial charge in [-0.15, -0.1) is 0 Å². The van der Waals surface area contributed by atoms with Crippen molar-refractivity contribution in [2.45, 2.75) is 39.8 Å². The SMILES string of the molecule is CC1C(=O)NC(=O)CN1C(=O)C(N)C(C)(C)C. The van der Waals surface area contributed by atoms with E-state index in [1.165, 1.54) is 4.90 Å². The molecule has 0 aromatic heterocycles. The smallest absolute Gasteiger partial charge is 0.249 e. The summed E-state index contributed by atoms with van der Waals surface area (Å²) in [5.74, 6) is -1.30. The molecular weight excluding hydrogens is 222 g/mol. The average molecular weight is 241 g/mol. The van der Waals surface area contributed by atoms with Gasteiger partial charge in [0.1, 0.15) is 12.6 Å². The Bertz CT molecular complexity index is 359. The van der Waals surface area contributed by atoms with Crippen LogP contribution in [0.5, 0.6) is 0 Å². The fraction of sp³-hybridized carbons (Fsp3) is 0.727. The van der Waals surface area contributed by atoms with Gasteiger partial charge in [0.05, 0.1) is 6.04 Å². The van der Waals surface area contributed by atoms with E-state index < -0.39 is 29.3 Å². The first-order chi connectivity index (χ1) is 7.64. The molecule has 0 spiro atoms. The van der Waals surface area contributed by atoms with Crippen LogP contribution in [0, 0.1) is 5.41 Å². The summed E-state index contributed by atoms with van der Waals surface area (Å²) in [6.45, 7) is 6.98. The molecule has 1 aliphatic heterocycles. The normalized spacial score (nSPS) is 23.4. The lowest BCUT2D eigenvalue weighted by atomic mass is 9.86. The lowest BCUT2D eigenvalue weighted by molar-refractivity contribution is -0.151. The number of nitrogens with one attached hydrogen (secondary N) is 1. The topological polar surface area (TPSA) is 92.5 Å². The van der Waals surface area contributed by atoms with Crippen molar-refractivity contribution in [2.24, 2.45) is 11.1 Å². The molecule has 6 nitrogen and oxygen atoms in total. The molecule has 96 valence electrons. The second kappa shape index (κ2) is 4.44. The minimum atomic E-state index is -0.733. The van der Waals surface area contributed by atoms with Crippen molar-refractivity contribution in [3.05, 3.63) is 0 Å². The summed E-state index contributed by atoms with van der Waals surface area (Å²) in [5.41, 5.74) is 5.44. The molecule has 1 aliphatic rings. The maximum Gasteiger partial charge on any atom is 0.249 e. The monoisotopic (exact) mass is 241 g/mol. The minimum absolute atomic E-state index is 0.116. The zero-order chi connectivity index (χ0) is 13.4. The van der Waals surface area contributed by atoms with Crippen LogP contribution in [0.15, 0.2) is 0 Å². The van der Waals surface area contributed by atoms with Gasteiger partial charge in [0, 0.05) is 0 Å². The summed E-state index contributed by atoms with van der Waals surface area (Å²) in [5, 5.41) is 2.18. The summed E-state index contributed by atoms with van der Waals surface area (Å²) < 4.78 is 0. The van der Waals surface area contributed by atoms with E-state index in [0.717, 1.165) is 0 Å². The summed E-state index contributed by atoms with van der Waals surface area (Å²) in [6.07, 6.45) is 0. The standard InChI is InChI=1S/C11H19N3O3/c1-6-9(16)13-7(15)5-14(6)10(17)8(12)11(2,3)4/h6,8H,5,12H2,1-4H3,(H,13,15,16). The molecule has 0 saturated carbocycles. The Labute approximate surface area is 101 Å². The van der Waals surface area contributed by atoms with Gasteiger partial charge >= 0.3 is 0 Å². The van der Waals surface area contributed by atoms with Crippen molar-refractivity contribution in [1.29, 1.82) is 0 Å². The van der Waals surface area contributed by atoms with E-state index in [0.29, 0.717) is 0 Å². The highest BCUT2D eigenvalue weighted by Crippen LogP contribution is 2.20.